The minimum Gasteiger partial charge on any atom is -0.380 e. The van der Waals surface area contributed by atoms with Crippen molar-refractivity contribution in [2.75, 3.05) is 18.6 Å². The molecule has 6 nitrogen and oxygen atoms in total. The lowest BCUT2D eigenvalue weighted by atomic mass is 10.2. The van der Waals surface area contributed by atoms with Gasteiger partial charge in [-0.1, -0.05) is 0 Å². The first kappa shape index (κ1) is 12.3. The third-order valence-corrected chi connectivity index (χ3v) is 4.85. The Balaban J connectivity index is 1.62. The van der Waals surface area contributed by atoms with Gasteiger partial charge in [0.15, 0.2) is 11.0 Å². The van der Waals surface area contributed by atoms with Gasteiger partial charge in [-0.3, -0.25) is 5.10 Å². The minimum absolute atomic E-state index is 0.186. The van der Waals surface area contributed by atoms with Crippen LogP contribution in [0.25, 0.3) is 0 Å². The van der Waals surface area contributed by atoms with E-state index in [9.17, 15) is 0 Å². The second kappa shape index (κ2) is 4.82. The molecule has 2 aromatic rings. The highest BCUT2D eigenvalue weighted by Crippen LogP contribution is 2.40. The first-order valence-corrected chi connectivity index (χ1v) is 7.84. The Kier molecular flexibility index (Phi) is 2.96. The molecule has 2 aromatic heterocycles. The Morgan fingerprint density at radius 1 is 1.45 bits per heavy atom. The molecule has 0 unspecified atom stereocenters. The number of hydrogen-bond donors (Lipinski definition) is 1. The Morgan fingerprint density at radius 2 is 2.35 bits per heavy atom. The van der Waals surface area contributed by atoms with E-state index in [1.54, 1.807) is 18.4 Å². The number of thiazole rings is 1. The molecule has 4 rings (SSSR count). The van der Waals surface area contributed by atoms with Gasteiger partial charge in [-0.2, -0.15) is 5.10 Å². The van der Waals surface area contributed by atoms with Crippen LogP contribution < -0.4 is 4.90 Å². The highest BCUT2D eigenvalue weighted by Gasteiger charge is 2.37. The third kappa shape index (κ3) is 2.10. The fraction of sp³-hybridized carbons (Fsp3) is 0.615. The van der Waals surface area contributed by atoms with Crippen LogP contribution in [0, 0.1) is 0 Å². The van der Waals surface area contributed by atoms with Crippen LogP contribution in [0.2, 0.25) is 0 Å². The van der Waals surface area contributed by atoms with Crippen LogP contribution in [0.15, 0.2) is 11.6 Å². The first-order chi connectivity index (χ1) is 9.85. The quantitative estimate of drug-likeness (QED) is 0.934. The maximum absolute atomic E-state index is 5.53. The molecule has 0 amide bonds. The van der Waals surface area contributed by atoms with Crippen molar-refractivity contribution < 1.29 is 4.74 Å². The third-order valence-electron chi connectivity index (χ3n) is 4.04. The van der Waals surface area contributed by atoms with Gasteiger partial charge < -0.3 is 9.64 Å². The Labute approximate surface area is 121 Å². The summed E-state index contributed by atoms with van der Waals surface area (Å²) in [7, 11) is 1.77. The van der Waals surface area contributed by atoms with Crippen molar-refractivity contribution in [1.29, 1.82) is 0 Å². The summed E-state index contributed by atoms with van der Waals surface area (Å²) >= 11 is 1.65. The van der Waals surface area contributed by atoms with E-state index in [1.165, 1.54) is 12.8 Å². The van der Waals surface area contributed by atoms with Crippen LogP contribution >= 0.6 is 11.3 Å². The lowest BCUT2D eigenvalue weighted by Crippen LogP contribution is -2.25. The number of nitrogens with one attached hydrogen (secondary N) is 1. The summed E-state index contributed by atoms with van der Waals surface area (Å²) in [6, 6.07) is 0.186. The zero-order chi connectivity index (χ0) is 13.5. The normalized spacial score (nSPS) is 26.4. The first-order valence-electron chi connectivity index (χ1n) is 6.96. The average molecular weight is 291 g/mol. The predicted octanol–water partition coefficient (Wildman–Crippen LogP) is 2.10. The molecule has 1 aliphatic carbocycles. The van der Waals surface area contributed by atoms with Crippen LogP contribution in [-0.4, -0.2) is 39.9 Å². The Bertz CT molecular complexity index is 579. The number of aromatic nitrogens is 4. The Morgan fingerprint density at radius 3 is 3.05 bits per heavy atom. The number of anilines is 1. The number of nitrogens with zero attached hydrogens (tertiary/aromatic N) is 4. The second-order valence-electron chi connectivity index (χ2n) is 5.43. The van der Waals surface area contributed by atoms with E-state index >= 15 is 0 Å². The van der Waals surface area contributed by atoms with Crippen LogP contribution in [0.5, 0.6) is 0 Å². The standard InChI is InChI=1S/C13H17N5OS/c1-19-9-6-10(18(7-9)13-14-4-5-20-13)12-15-11(16-17-12)8-2-3-8/h4-5,8-10H,2-3,6-7H2,1H3,(H,15,16,17)/t9-,10+/m1/s1. The molecule has 1 saturated heterocycles. The molecule has 0 bridgehead atoms. The van der Waals surface area contributed by atoms with Crippen molar-refractivity contribution in [3.05, 3.63) is 23.2 Å². The highest BCUT2D eigenvalue weighted by atomic mass is 32.1. The van der Waals surface area contributed by atoms with Gasteiger partial charge in [-0.25, -0.2) is 9.97 Å². The zero-order valence-corrected chi connectivity index (χ0v) is 12.1. The monoisotopic (exact) mass is 291 g/mol. The van der Waals surface area contributed by atoms with E-state index in [2.05, 4.69) is 20.1 Å². The largest absolute Gasteiger partial charge is 0.380 e. The zero-order valence-electron chi connectivity index (χ0n) is 11.3. The van der Waals surface area contributed by atoms with Gasteiger partial charge in [-0.05, 0) is 12.8 Å². The van der Waals surface area contributed by atoms with E-state index in [1.807, 2.05) is 11.6 Å². The topological polar surface area (TPSA) is 66.9 Å². The molecule has 2 fully saturated rings. The predicted molar refractivity (Wildman–Crippen MR) is 76.0 cm³/mol. The molecular weight excluding hydrogens is 274 g/mol. The number of methoxy groups -OCH3 is 1. The highest BCUT2D eigenvalue weighted by molar-refractivity contribution is 7.13. The van der Waals surface area contributed by atoms with Gasteiger partial charge in [0.2, 0.25) is 0 Å². The van der Waals surface area contributed by atoms with Crippen LogP contribution in [0.3, 0.4) is 0 Å². The summed E-state index contributed by atoms with van der Waals surface area (Å²) in [6.45, 7) is 0.855. The summed E-state index contributed by atoms with van der Waals surface area (Å²) in [4.78, 5) is 11.4. The molecule has 0 aromatic carbocycles. The van der Waals surface area contributed by atoms with E-state index in [0.29, 0.717) is 5.92 Å². The lowest BCUT2D eigenvalue weighted by Gasteiger charge is -2.21. The molecule has 7 heteroatoms. The molecule has 106 valence electrons. The maximum atomic E-state index is 5.53. The van der Waals surface area contributed by atoms with Crippen molar-refractivity contribution >= 4 is 16.5 Å². The molecule has 1 aliphatic heterocycles. The molecule has 3 heterocycles. The van der Waals surface area contributed by atoms with Crippen LogP contribution in [0.1, 0.15) is 42.9 Å². The van der Waals surface area contributed by atoms with Gasteiger partial charge in [0.1, 0.15) is 5.82 Å². The molecule has 2 atom stereocenters. The van der Waals surface area contributed by atoms with Gasteiger partial charge in [-0.15, -0.1) is 11.3 Å². The van der Waals surface area contributed by atoms with Crippen LogP contribution in [-0.2, 0) is 4.74 Å². The number of rotatable bonds is 4. The molecule has 1 saturated carbocycles. The fourth-order valence-corrected chi connectivity index (χ4v) is 3.46. The van der Waals surface area contributed by atoms with Crippen LogP contribution in [0.4, 0.5) is 5.13 Å². The minimum atomic E-state index is 0.186. The van der Waals surface area contributed by atoms with Gasteiger partial charge >= 0.3 is 0 Å². The number of H-pyrrole nitrogens is 1. The van der Waals surface area contributed by atoms with Gasteiger partial charge in [0, 0.05) is 37.6 Å². The fourth-order valence-electron chi connectivity index (χ4n) is 2.76. The van der Waals surface area contributed by atoms with E-state index in [0.717, 1.165) is 29.7 Å². The number of aromatic amines is 1. The summed E-state index contributed by atoms with van der Waals surface area (Å²) < 4.78 is 5.53. The molecular formula is C13H17N5OS. The SMILES string of the molecule is CO[C@@H]1C[C@@H](c2nc(C3CC3)n[nH]2)N(c2nccs2)C1. The number of hydrogen-bond acceptors (Lipinski definition) is 6. The van der Waals surface area contributed by atoms with Crippen molar-refractivity contribution in [1.82, 2.24) is 20.2 Å². The summed E-state index contributed by atoms with van der Waals surface area (Å²) in [5, 5.41) is 10.5. The molecule has 2 aliphatic rings. The van der Waals surface area contributed by atoms with Crippen molar-refractivity contribution in [2.24, 2.45) is 0 Å². The van der Waals surface area contributed by atoms with E-state index in [-0.39, 0.29) is 12.1 Å². The molecule has 0 radical (unpaired) electrons. The Hall–Kier alpha value is -1.47. The smallest absolute Gasteiger partial charge is 0.185 e. The second-order valence-corrected chi connectivity index (χ2v) is 6.30. The van der Waals surface area contributed by atoms with Gasteiger partial charge in [0.25, 0.3) is 0 Å². The van der Waals surface area contributed by atoms with Crippen molar-refractivity contribution in [3.8, 4) is 0 Å². The van der Waals surface area contributed by atoms with Crippen molar-refractivity contribution in [3.63, 3.8) is 0 Å². The number of ether oxygens (including phenoxy) is 1. The maximum Gasteiger partial charge on any atom is 0.185 e. The van der Waals surface area contributed by atoms with Gasteiger partial charge in [0.05, 0.1) is 12.1 Å². The summed E-state index contributed by atoms with van der Waals surface area (Å²) in [5.74, 6) is 2.49. The molecule has 0 spiro atoms. The molecule has 1 N–H and O–H groups in total. The van der Waals surface area contributed by atoms with Crippen molar-refractivity contribution in [2.45, 2.75) is 37.3 Å². The lowest BCUT2D eigenvalue weighted by molar-refractivity contribution is 0.118. The molecule has 20 heavy (non-hydrogen) atoms. The summed E-state index contributed by atoms with van der Waals surface area (Å²) in [6.07, 6.45) is 5.43. The van der Waals surface area contributed by atoms with E-state index < -0.39 is 0 Å². The van der Waals surface area contributed by atoms with E-state index in [4.69, 9.17) is 9.72 Å². The average Bonchev–Trinajstić information content (AvgIpc) is 2.93. The summed E-state index contributed by atoms with van der Waals surface area (Å²) in [5.41, 5.74) is 0.